The normalized spacial score (nSPS) is 11.5. The summed E-state index contributed by atoms with van der Waals surface area (Å²) >= 11 is 1.63. The van der Waals surface area contributed by atoms with Crippen molar-refractivity contribution < 1.29 is 14.3 Å². The number of rotatable bonds is 7. The van der Waals surface area contributed by atoms with Crippen molar-refractivity contribution >= 4 is 35.1 Å². The summed E-state index contributed by atoms with van der Waals surface area (Å²) in [7, 11) is 0. The highest BCUT2D eigenvalue weighted by Gasteiger charge is 2.18. The maximum Gasteiger partial charge on any atom is 0.412 e. The maximum atomic E-state index is 12.2. The molecule has 0 radical (unpaired) electrons. The van der Waals surface area contributed by atoms with Crippen molar-refractivity contribution in [3.05, 3.63) is 73.1 Å². The van der Waals surface area contributed by atoms with Crippen LogP contribution in [0, 0.1) is 0 Å². The Kier molecular flexibility index (Phi) is 6.69. The molecule has 0 bridgehead atoms. The lowest BCUT2D eigenvalue weighted by atomic mass is 10.3. The number of para-hydroxylation sites is 1. The second kappa shape index (κ2) is 9.61. The van der Waals surface area contributed by atoms with Gasteiger partial charge in [-0.25, -0.2) is 4.79 Å². The van der Waals surface area contributed by atoms with Crippen LogP contribution in [-0.2, 0) is 15.4 Å². The van der Waals surface area contributed by atoms with Crippen LogP contribution in [0.25, 0.3) is 0 Å². The number of benzene rings is 2. The second-order valence-electron chi connectivity index (χ2n) is 5.88. The molecule has 0 fully saturated rings. The average Bonchev–Trinajstić information content (AvgIpc) is 3.15. The maximum absolute atomic E-state index is 12.2. The van der Waals surface area contributed by atoms with Crippen LogP contribution in [0.1, 0.15) is 6.92 Å². The van der Waals surface area contributed by atoms with E-state index in [1.807, 2.05) is 36.4 Å². The number of anilines is 2. The fraction of sp³-hybridized carbons (Fsp3) is 0.150. The van der Waals surface area contributed by atoms with Crippen LogP contribution in [0.5, 0.6) is 0 Å². The zero-order valence-electron chi connectivity index (χ0n) is 15.2. The molecule has 1 aromatic heterocycles. The molecule has 0 saturated heterocycles. The van der Waals surface area contributed by atoms with E-state index in [0.29, 0.717) is 17.3 Å². The van der Waals surface area contributed by atoms with Gasteiger partial charge in [0.05, 0.1) is 17.8 Å². The van der Waals surface area contributed by atoms with Crippen molar-refractivity contribution in [2.24, 2.45) is 0 Å². The number of amides is 2. The van der Waals surface area contributed by atoms with Crippen LogP contribution in [0.2, 0.25) is 0 Å². The van der Waals surface area contributed by atoms with Crippen LogP contribution >= 0.6 is 11.8 Å². The van der Waals surface area contributed by atoms with Gasteiger partial charge < -0.3 is 10.1 Å². The van der Waals surface area contributed by atoms with Crippen LogP contribution in [0.3, 0.4) is 0 Å². The third-order valence-electron chi connectivity index (χ3n) is 3.68. The number of nitrogens with one attached hydrogen (secondary N) is 2. The number of nitrogens with zero attached hydrogens (tertiary/aromatic N) is 2. The van der Waals surface area contributed by atoms with E-state index >= 15 is 0 Å². The van der Waals surface area contributed by atoms with Crippen molar-refractivity contribution in [1.82, 2.24) is 9.78 Å². The van der Waals surface area contributed by atoms with Gasteiger partial charge in [-0.2, -0.15) is 5.10 Å². The molecule has 0 aliphatic carbocycles. The number of ether oxygens (including phenoxy) is 1. The first-order valence-corrected chi connectivity index (χ1v) is 9.62. The first-order valence-electron chi connectivity index (χ1n) is 8.64. The third kappa shape index (κ3) is 5.88. The Morgan fingerprint density at radius 1 is 1.04 bits per heavy atom. The molecule has 7 nitrogen and oxygen atoms in total. The number of hydrogen-bond donors (Lipinski definition) is 2. The molecule has 28 heavy (non-hydrogen) atoms. The molecule has 0 saturated carbocycles. The van der Waals surface area contributed by atoms with Gasteiger partial charge in [0.2, 0.25) is 0 Å². The number of thioether (sulfide) groups is 1. The lowest BCUT2D eigenvalue weighted by molar-refractivity contribution is -0.123. The summed E-state index contributed by atoms with van der Waals surface area (Å²) < 4.78 is 6.83. The topological polar surface area (TPSA) is 85.2 Å². The first kappa shape index (κ1) is 19.5. The molecular weight excluding hydrogens is 376 g/mol. The summed E-state index contributed by atoms with van der Waals surface area (Å²) in [5.74, 6) is 0.185. The second-order valence-corrected chi connectivity index (χ2v) is 6.90. The van der Waals surface area contributed by atoms with E-state index in [-0.39, 0.29) is 0 Å². The predicted octanol–water partition coefficient (Wildman–Crippen LogP) is 4.21. The van der Waals surface area contributed by atoms with Gasteiger partial charge in [0.1, 0.15) is 0 Å². The van der Waals surface area contributed by atoms with Crippen molar-refractivity contribution in [3.8, 4) is 0 Å². The van der Waals surface area contributed by atoms with Crippen molar-refractivity contribution in [2.75, 3.05) is 10.6 Å². The van der Waals surface area contributed by atoms with E-state index < -0.39 is 18.1 Å². The zero-order valence-corrected chi connectivity index (χ0v) is 16.1. The van der Waals surface area contributed by atoms with E-state index in [1.54, 1.807) is 53.1 Å². The van der Waals surface area contributed by atoms with E-state index in [0.717, 1.165) is 4.90 Å². The molecule has 0 aliphatic heterocycles. The summed E-state index contributed by atoms with van der Waals surface area (Å²) in [6.45, 7) is 1.51. The molecule has 0 aliphatic rings. The summed E-state index contributed by atoms with van der Waals surface area (Å²) in [5, 5.41) is 9.48. The minimum absolute atomic E-state index is 0.432. The molecule has 1 unspecified atom stereocenters. The lowest BCUT2D eigenvalue weighted by Gasteiger charge is -2.13. The molecule has 2 N–H and O–H groups in total. The molecule has 1 atom stereocenters. The molecule has 3 aromatic rings. The van der Waals surface area contributed by atoms with Gasteiger partial charge in [0.15, 0.2) is 6.10 Å². The Morgan fingerprint density at radius 3 is 2.43 bits per heavy atom. The van der Waals surface area contributed by atoms with E-state index in [4.69, 9.17) is 4.74 Å². The predicted molar refractivity (Wildman–Crippen MR) is 109 cm³/mol. The molecule has 2 aromatic carbocycles. The standard InChI is InChI=1S/C20H20N4O3S/c1-15(27-20(26)23-16-8-4-2-5-9-16)19(25)22-17-12-21-24(13-17)14-28-18-10-6-3-7-11-18/h2-13,15H,14H2,1H3,(H,22,25)(H,23,26). The van der Waals surface area contributed by atoms with Gasteiger partial charge in [0.25, 0.3) is 5.91 Å². The largest absolute Gasteiger partial charge is 0.436 e. The van der Waals surface area contributed by atoms with E-state index in [2.05, 4.69) is 15.7 Å². The monoisotopic (exact) mass is 396 g/mol. The Balaban J connectivity index is 1.46. The third-order valence-corrected chi connectivity index (χ3v) is 4.68. The highest BCUT2D eigenvalue weighted by Crippen LogP contribution is 2.19. The number of aromatic nitrogens is 2. The lowest BCUT2D eigenvalue weighted by Crippen LogP contribution is -2.31. The molecular formula is C20H20N4O3S. The minimum Gasteiger partial charge on any atom is -0.436 e. The van der Waals surface area contributed by atoms with Crippen LogP contribution in [-0.4, -0.2) is 27.9 Å². The van der Waals surface area contributed by atoms with Crippen LogP contribution in [0.4, 0.5) is 16.2 Å². The fourth-order valence-electron chi connectivity index (χ4n) is 2.28. The highest BCUT2D eigenvalue weighted by atomic mass is 32.2. The van der Waals surface area contributed by atoms with Gasteiger partial charge in [-0.15, -0.1) is 11.8 Å². The fourth-order valence-corrected chi connectivity index (χ4v) is 3.06. The van der Waals surface area contributed by atoms with Gasteiger partial charge in [-0.3, -0.25) is 14.8 Å². The van der Waals surface area contributed by atoms with Gasteiger partial charge >= 0.3 is 6.09 Å². The van der Waals surface area contributed by atoms with Gasteiger partial charge in [-0.05, 0) is 31.2 Å². The number of carbonyl (C=O) groups is 2. The summed E-state index contributed by atoms with van der Waals surface area (Å²) in [4.78, 5) is 25.2. The number of hydrogen-bond acceptors (Lipinski definition) is 5. The van der Waals surface area contributed by atoms with Crippen LogP contribution in [0.15, 0.2) is 78.0 Å². The summed E-state index contributed by atoms with van der Waals surface area (Å²) in [5.41, 5.74) is 1.13. The Hall–Kier alpha value is -3.26. The van der Waals surface area contributed by atoms with Gasteiger partial charge in [0, 0.05) is 16.8 Å². The van der Waals surface area contributed by atoms with Crippen molar-refractivity contribution in [2.45, 2.75) is 23.8 Å². The molecule has 8 heteroatoms. The highest BCUT2D eigenvalue weighted by molar-refractivity contribution is 7.98. The summed E-state index contributed by atoms with van der Waals surface area (Å²) in [6, 6.07) is 18.9. The minimum atomic E-state index is -0.953. The van der Waals surface area contributed by atoms with Gasteiger partial charge in [-0.1, -0.05) is 36.4 Å². The summed E-state index contributed by atoms with van der Waals surface area (Å²) in [6.07, 6.45) is 1.64. The van der Waals surface area contributed by atoms with Crippen molar-refractivity contribution in [3.63, 3.8) is 0 Å². The Morgan fingerprint density at radius 2 is 1.71 bits per heavy atom. The molecule has 144 valence electrons. The molecule has 1 heterocycles. The molecule has 2 amide bonds. The Labute approximate surface area is 167 Å². The quantitative estimate of drug-likeness (QED) is 0.585. The van der Waals surface area contributed by atoms with E-state index in [9.17, 15) is 9.59 Å². The zero-order chi connectivity index (χ0) is 19.8. The number of carbonyl (C=O) groups excluding carboxylic acids is 2. The van der Waals surface area contributed by atoms with Crippen molar-refractivity contribution in [1.29, 1.82) is 0 Å². The molecule has 3 rings (SSSR count). The van der Waals surface area contributed by atoms with Crippen LogP contribution < -0.4 is 10.6 Å². The Bertz CT molecular complexity index is 915. The van der Waals surface area contributed by atoms with E-state index in [1.165, 1.54) is 6.92 Å². The average molecular weight is 396 g/mol. The SMILES string of the molecule is CC(OC(=O)Nc1ccccc1)C(=O)Nc1cnn(CSc2ccccc2)c1. The first-order chi connectivity index (χ1) is 13.6. The smallest absolute Gasteiger partial charge is 0.412 e. The molecule has 0 spiro atoms.